The molecule has 1 amide bonds. The third kappa shape index (κ3) is 1.65. The van der Waals surface area contributed by atoms with Crippen molar-refractivity contribution >= 4 is 29.3 Å². The van der Waals surface area contributed by atoms with Crippen molar-refractivity contribution in [2.45, 2.75) is 6.04 Å². The van der Waals surface area contributed by atoms with Gasteiger partial charge in [0, 0.05) is 0 Å². The second-order valence-corrected chi connectivity index (χ2v) is 3.72. The Morgan fingerprint density at radius 2 is 2.21 bits per heavy atom. The molecular formula is C9H7Cl2NO2. The summed E-state index contributed by atoms with van der Waals surface area (Å²) in [5, 5.41) is 3.57. The summed E-state index contributed by atoms with van der Waals surface area (Å²) in [7, 11) is 0. The van der Waals surface area contributed by atoms with Gasteiger partial charge in [0.1, 0.15) is 6.61 Å². The van der Waals surface area contributed by atoms with Gasteiger partial charge in [-0.1, -0.05) is 35.3 Å². The Balaban J connectivity index is 2.32. The average Bonchev–Trinajstić information content (AvgIpc) is 2.57. The number of benzene rings is 1. The van der Waals surface area contributed by atoms with Crippen molar-refractivity contribution in [3.8, 4) is 0 Å². The van der Waals surface area contributed by atoms with E-state index in [4.69, 9.17) is 27.9 Å². The number of nitrogens with one attached hydrogen (secondary N) is 1. The van der Waals surface area contributed by atoms with Gasteiger partial charge >= 0.3 is 6.09 Å². The summed E-state index contributed by atoms with van der Waals surface area (Å²) in [4.78, 5) is 10.8. The predicted octanol–water partition coefficient (Wildman–Crippen LogP) is 2.77. The zero-order valence-corrected chi connectivity index (χ0v) is 8.60. The van der Waals surface area contributed by atoms with E-state index in [-0.39, 0.29) is 6.04 Å². The monoisotopic (exact) mass is 231 g/mol. The molecule has 5 heteroatoms. The molecule has 0 saturated carbocycles. The lowest BCUT2D eigenvalue weighted by atomic mass is 10.1. The second kappa shape index (κ2) is 3.67. The molecule has 2 rings (SSSR count). The maximum atomic E-state index is 10.8. The lowest BCUT2D eigenvalue weighted by molar-refractivity contribution is 0.177. The lowest BCUT2D eigenvalue weighted by Gasteiger charge is -2.10. The van der Waals surface area contributed by atoms with Gasteiger partial charge in [-0.05, 0) is 11.6 Å². The normalized spacial score (nSPS) is 20.4. The van der Waals surface area contributed by atoms with E-state index in [0.717, 1.165) is 5.56 Å². The molecule has 0 bridgehead atoms. The highest BCUT2D eigenvalue weighted by atomic mass is 35.5. The molecule has 14 heavy (non-hydrogen) atoms. The minimum atomic E-state index is -0.425. The fraction of sp³-hybridized carbons (Fsp3) is 0.222. The second-order valence-electron chi connectivity index (χ2n) is 2.94. The molecule has 1 aliphatic heterocycles. The molecule has 0 aromatic heterocycles. The summed E-state index contributed by atoms with van der Waals surface area (Å²) >= 11 is 11.8. The maximum Gasteiger partial charge on any atom is 0.407 e. The molecule has 0 spiro atoms. The fourth-order valence-corrected chi connectivity index (χ4v) is 1.78. The van der Waals surface area contributed by atoms with Gasteiger partial charge in [-0.2, -0.15) is 0 Å². The number of ether oxygens (including phenoxy) is 1. The van der Waals surface area contributed by atoms with Gasteiger partial charge in [-0.15, -0.1) is 0 Å². The first-order valence-corrected chi connectivity index (χ1v) is 4.81. The molecule has 0 aliphatic carbocycles. The highest BCUT2D eigenvalue weighted by Gasteiger charge is 2.25. The number of rotatable bonds is 1. The number of halogens is 2. The van der Waals surface area contributed by atoms with Gasteiger partial charge in [-0.25, -0.2) is 4.79 Å². The van der Waals surface area contributed by atoms with Crippen molar-refractivity contribution in [2.24, 2.45) is 0 Å². The summed E-state index contributed by atoms with van der Waals surface area (Å²) in [6.07, 6.45) is -0.425. The number of carbonyl (C=O) groups is 1. The van der Waals surface area contributed by atoms with Gasteiger partial charge in [0.25, 0.3) is 0 Å². The minimum Gasteiger partial charge on any atom is -0.447 e. The van der Waals surface area contributed by atoms with Gasteiger partial charge in [-0.3, -0.25) is 0 Å². The summed E-state index contributed by atoms with van der Waals surface area (Å²) in [6.45, 7) is 0.291. The van der Waals surface area contributed by atoms with Gasteiger partial charge in [0.05, 0.1) is 16.1 Å². The summed E-state index contributed by atoms with van der Waals surface area (Å²) in [5.74, 6) is 0. The van der Waals surface area contributed by atoms with Crippen molar-refractivity contribution in [2.75, 3.05) is 6.61 Å². The number of hydrogen-bond acceptors (Lipinski definition) is 2. The molecular weight excluding hydrogens is 225 g/mol. The van der Waals surface area contributed by atoms with Crippen LogP contribution in [0.2, 0.25) is 10.0 Å². The largest absolute Gasteiger partial charge is 0.447 e. The van der Waals surface area contributed by atoms with Crippen LogP contribution in [0.15, 0.2) is 18.2 Å². The van der Waals surface area contributed by atoms with Crippen LogP contribution in [0.1, 0.15) is 11.6 Å². The van der Waals surface area contributed by atoms with Crippen LogP contribution in [0.3, 0.4) is 0 Å². The van der Waals surface area contributed by atoms with Crippen molar-refractivity contribution < 1.29 is 9.53 Å². The first-order valence-electron chi connectivity index (χ1n) is 4.05. The van der Waals surface area contributed by atoms with E-state index in [1.54, 1.807) is 12.1 Å². The van der Waals surface area contributed by atoms with E-state index in [0.29, 0.717) is 16.7 Å². The van der Waals surface area contributed by atoms with Gasteiger partial charge in [0.15, 0.2) is 0 Å². The molecule has 1 aromatic rings. The smallest absolute Gasteiger partial charge is 0.407 e. The van der Waals surface area contributed by atoms with E-state index in [9.17, 15) is 4.79 Å². The number of amides is 1. The SMILES string of the molecule is O=C1N[C@@H](c2cccc(Cl)c2Cl)CO1. The number of carbonyl (C=O) groups excluding carboxylic acids is 1. The zero-order valence-electron chi connectivity index (χ0n) is 7.09. The summed E-state index contributed by atoms with van der Waals surface area (Å²) < 4.78 is 4.76. The average molecular weight is 232 g/mol. The molecule has 1 saturated heterocycles. The van der Waals surface area contributed by atoms with E-state index in [1.165, 1.54) is 0 Å². The first-order chi connectivity index (χ1) is 6.68. The number of alkyl carbamates (subject to hydrolysis) is 1. The van der Waals surface area contributed by atoms with E-state index in [2.05, 4.69) is 5.32 Å². The highest BCUT2D eigenvalue weighted by molar-refractivity contribution is 6.42. The third-order valence-corrected chi connectivity index (χ3v) is 2.86. The van der Waals surface area contributed by atoms with Crippen LogP contribution in [0.4, 0.5) is 4.79 Å². The number of hydrogen-bond donors (Lipinski definition) is 1. The Hall–Kier alpha value is -0.930. The number of cyclic esters (lactones) is 1. The molecule has 74 valence electrons. The van der Waals surface area contributed by atoms with Crippen molar-refractivity contribution in [3.63, 3.8) is 0 Å². The van der Waals surface area contributed by atoms with Crippen LogP contribution in [0.25, 0.3) is 0 Å². The fourth-order valence-electron chi connectivity index (χ4n) is 1.34. The maximum absolute atomic E-state index is 10.8. The van der Waals surface area contributed by atoms with Crippen LogP contribution >= 0.6 is 23.2 Å². The van der Waals surface area contributed by atoms with Crippen LogP contribution in [0.5, 0.6) is 0 Å². The summed E-state index contributed by atoms with van der Waals surface area (Å²) in [6, 6.07) is 5.10. The van der Waals surface area contributed by atoms with Crippen molar-refractivity contribution in [3.05, 3.63) is 33.8 Å². The molecule has 1 heterocycles. The van der Waals surface area contributed by atoms with E-state index >= 15 is 0 Å². The Morgan fingerprint density at radius 3 is 2.86 bits per heavy atom. The molecule has 3 nitrogen and oxygen atoms in total. The zero-order chi connectivity index (χ0) is 10.1. The Bertz CT molecular complexity index is 381. The first kappa shape index (κ1) is 9.62. The molecule has 1 atom stereocenters. The van der Waals surface area contributed by atoms with Crippen LogP contribution in [0, 0.1) is 0 Å². The van der Waals surface area contributed by atoms with E-state index in [1.807, 2.05) is 6.07 Å². The Morgan fingerprint density at radius 1 is 1.43 bits per heavy atom. The van der Waals surface area contributed by atoms with Crippen LogP contribution < -0.4 is 5.32 Å². The van der Waals surface area contributed by atoms with Gasteiger partial charge in [0.2, 0.25) is 0 Å². The Kier molecular flexibility index (Phi) is 2.52. The minimum absolute atomic E-state index is 0.200. The van der Waals surface area contributed by atoms with Crippen LogP contribution in [-0.4, -0.2) is 12.7 Å². The van der Waals surface area contributed by atoms with Crippen molar-refractivity contribution in [1.82, 2.24) is 5.32 Å². The molecule has 0 unspecified atom stereocenters. The topological polar surface area (TPSA) is 38.3 Å². The lowest BCUT2D eigenvalue weighted by Crippen LogP contribution is -2.18. The van der Waals surface area contributed by atoms with Crippen LogP contribution in [-0.2, 0) is 4.74 Å². The Labute approximate surface area is 91.0 Å². The molecule has 1 N–H and O–H groups in total. The van der Waals surface area contributed by atoms with E-state index < -0.39 is 6.09 Å². The summed E-state index contributed by atoms with van der Waals surface area (Å²) in [5.41, 5.74) is 0.782. The van der Waals surface area contributed by atoms with Gasteiger partial charge < -0.3 is 10.1 Å². The van der Waals surface area contributed by atoms with Crippen molar-refractivity contribution in [1.29, 1.82) is 0 Å². The quantitative estimate of drug-likeness (QED) is 0.808. The molecule has 1 aliphatic rings. The third-order valence-electron chi connectivity index (χ3n) is 2.03. The molecule has 0 radical (unpaired) electrons. The molecule has 1 fully saturated rings. The molecule has 1 aromatic carbocycles. The standard InChI is InChI=1S/C9H7Cl2NO2/c10-6-3-1-2-5(8(6)11)7-4-14-9(13)12-7/h1-3,7H,4H2,(H,12,13)/t7-/m1/s1. The highest BCUT2D eigenvalue weighted by Crippen LogP contribution is 2.31. The predicted molar refractivity (Wildman–Crippen MR) is 53.7 cm³/mol.